The fourth-order valence-corrected chi connectivity index (χ4v) is 4.02. The summed E-state index contributed by atoms with van der Waals surface area (Å²) < 4.78 is 1.69. The van der Waals surface area contributed by atoms with Gasteiger partial charge in [0, 0.05) is 21.3 Å². The fourth-order valence-electron chi connectivity index (χ4n) is 3.07. The van der Waals surface area contributed by atoms with Crippen LogP contribution in [0.15, 0.2) is 59.2 Å². The van der Waals surface area contributed by atoms with Crippen LogP contribution in [0.4, 0.5) is 11.5 Å². The number of anilines is 2. The molecule has 6 nitrogen and oxygen atoms in total. The first-order valence-corrected chi connectivity index (χ1v) is 9.40. The van der Waals surface area contributed by atoms with Gasteiger partial charge in [-0.25, -0.2) is 4.68 Å². The zero-order valence-corrected chi connectivity index (χ0v) is 15.8. The van der Waals surface area contributed by atoms with Crippen LogP contribution in [-0.2, 0) is 4.79 Å². The minimum Gasteiger partial charge on any atom is -0.343 e. The lowest BCUT2D eigenvalue weighted by molar-refractivity contribution is -0.113. The van der Waals surface area contributed by atoms with Crippen LogP contribution in [0.5, 0.6) is 0 Å². The Balaban J connectivity index is 1.76. The second kappa shape index (κ2) is 6.91. The molecule has 1 aromatic carbocycles. The van der Waals surface area contributed by atoms with Crippen LogP contribution in [-0.4, -0.2) is 15.7 Å². The maximum Gasteiger partial charge on any atom is 0.255 e. The van der Waals surface area contributed by atoms with Gasteiger partial charge in [0.05, 0.1) is 11.8 Å². The van der Waals surface area contributed by atoms with Crippen molar-refractivity contribution >= 4 is 40.4 Å². The van der Waals surface area contributed by atoms with Gasteiger partial charge in [-0.05, 0) is 42.6 Å². The Bertz CT molecular complexity index is 1080. The number of halogens is 1. The molecule has 8 heteroatoms. The highest BCUT2D eigenvalue weighted by atomic mass is 35.5. The fraction of sp³-hybridized carbons (Fsp3) is 0.105. The average Bonchev–Trinajstić information content (AvgIpc) is 3.32. The van der Waals surface area contributed by atoms with Gasteiger partial charge in [-0.2, -0.15) is 10.4 Å². The third-order valence-corrected chi connectivity index (χ3v) is 5.48. The first-order chi connectivity index (χ1) is 13.1. The number of nitriles is 1. The van der Waals surface area contributed by atoms with E-state index in [1.54, 1.807) is 28.9 Å². The Morgan fingerprint density at radius 2 is 2.15 bits per heavy atom. The van der Waals surface area contributed by atoms with E-state index in [2.05, 4.69) is 21.8 Å². The predicted octanol–water partition coefficient (Wildman–Crippen LogP) is 4.40. The second-order valence-corrected chi connectivity index (χ2v) is 7.42. The number of carbonyl (C=O) groups is 1. The summed E-state index contributed by atoms with van der Waals surface area (Å²) in [6.45, 7) is 1.83. The molecule has 0 bridgehead atoms. The standard InChI is InChI=1S/C19H14ClN5OS/c1-11-16(19(26)24-14-6-4-13(20)5-7-14)17(15-3-2-8-27-15)25-18(23-11)12(9-21)10-22-25/h2-8,10,17,23H,1H3,(H,24,26)/t17-/m1/s1. The second-order valence-electron chi connectivity index (χ2n) is 6.01. The number of hydrogen-bond donors (Lipinski definition) is 2. The van der Waals surface area contributed by atoms with Crippen LogP contribution < -0.4 is 10.6 Å². The molecule has 1 amide bonds. The summed E-state index contributed by atoms with van der Waals surface area (Å²) in [5.41, 5.74) is 2.32. The van der Waals surface area contributed by atoms with Crippen LogP contribution in [0, 0.1) is 11.3 Å². The van der Waals surface area contributed by atoms with Crippen LogP contribution in [0.3, 0.4) is 0 Å². The molecule has 1 aliphatic rings. The van der Waals surface area contributed by atoms with Crippen molar-refractivity contribution in [2.45, 2.75) is 13.0 Å². The molecule has 0 aliphatic carbocycles. The van der Waals surface area contributed by atoms with Crippen molar-refractivity contribution in [3.63, 3.8) is 0 Å². The van der Waals surface area contributed by atoms with E-state index in [9.17, 15) is 10.1 Å². The van der Waals surface area contributed by atoms with Crippen molar-refractivity contribution in [2.75, 3.05) is 10.6 Å². The molecule has 27 heavy (non-hydrogen) atoms. The third-order valence-electron chi connectivity index (χ3n) is 4.30. The van der Waals surface area contributed by atoms with Gasteiger partial charge in [0.2, 0.25) is 0 Å². The zero-order chi connectivity index (χ0) is 19.0. The number of nitrogens with one attached hydrogen (secondary N) is 2. The Kier molecular flexibility index (Phi) is 4.44. The van der Waals surface area contributed by atoms with E-state index >= 15 is 0 Å². The number of amides is 1. The summed E-state index contributed by atoms with van der Waals surface area (Å²) in [6.07, 6.45) is 1.51. The number of aromatic nitrogens is 2. The Hall–Kier alpha value is -3.08. The average molecular weight is 396 g/mol. The van der Waals surface area contributed by atoms with E-state index in [0.717, 1.165) is 4.88 Å². The summed E-state index contributed by atoms with van der Waals surface area (Å²) in [7, 11) is 0. The van der Waals surface area contributed by atoms with Gasteiger partial charge >= 0.3 is 0 Å². The molecular formula is C19H14ClN5OS. The van der Waals surface area contributed by atoms with Crippen molar-refractivity contribution in [2.24, 2.45) is 0 Å². The molecule has 0 fully saturated rings. The topological polar surface area (TPSA) is 82.7 Å². The molecule has 0 radical (unpaired) electrons. The minimum absolute atomic E-state index is 0.236. The lowest BCUT2D eigenvalue weighted by Gasteiger charge is -2.29. The molecule has 3 aromatic rings. The van der Waals surface area contributed by atoms with Gasteiger partial charge in [-0.1, -0.05) is 17.7 Å². The number of carbonyl (C=O) groups excluding carboxylic acids is 1. The first kappa shape index (κ1) is 17.3. The highest BCUT2D eigenvalue weighted by Gasteiger charge is 2.34. The normalized spacial score (nSPS) is 15.7. The molecule has 2 aromatic heterocycles. The molecule has 4 rings (SSSR count). The molecule has 0 saturated carbocycles. The summed E-state index contributed by atoms with van der Waals surface area (Å²) in [5.74, 6) is 0.358. The number of allylic oxidation sites excluding steroid dienone is 1. The quantitative estimate of drug-likeness (QED) is 0.688. The third kappa shape index (κ3) is 3.10. The van der Waals surface area contributed by atoms with E-state index < -0.39 is 6.04 Å². The van der Waals surface area contributed by atoms with Crippen molar-refractivity contribution in [1.29, 1.82) is 5.26 Å². The first-order valence-electron chi connectivity index (χ1n) is 8.14. The Morgan fingerprint density at radius 1 is 1.37 bits per heavy atom. The lowest BCUT2D eigenvalue weighted by atomic mass is 10.00. The molecule has 1 aliphatic heterocycles. The maximum absolute atomic E-state index is 13.1. The molecule has 134 valence electrons. The van der Waals surface area contributed by atoms with Gasteiger partial charge in [0.1, 0.15) is 23.5 Å². The molecule has 0 unspecified atom stereocenters. The monoisotopic (exact) mass is 395 g/mol. The van der Waals surface area contributed by atoms with Gasteiger partial charge in [-0.3, -0.25) is 4.79 Å². The number of nitrogens with zero attached hydrogens (tertiary/aromatic N) is 3. The van der Waals surface area contributed by atoms with Crippen LogP contribution in [0.2, 0.25) is 5.02 Å². The number of thiophene rings is 1. The van der Waals surface area contributed by atoms with Crippen LogP contribution >= 0.6 is 22.9 Å². The predicted molar refractivity (Wildman–Crippen MR) is 106 cm³/mol. The van der Waals surface area contributed by atoms with Crippen molar-refractivity contribution in [3.8, 4) is 6.07 Å². The van der Waals surface area contributed by atoms with Crippen LogP contribution in [0.1, 0.15) is 23.4 Å². The van der Waals surface area contributed by atoms with E-state index in [-0.39, 0.29) is 5.91 Å². The summed E-state index contributed by atoms with van der Waals surface area (Å²) in [4.78, 5) is 14.1. The summed E-state index contributed by atoms with van der Waals surface area (Å²) >= 11 is 7.45. The smallest absolute Gasteiger partial charge is 0.255 e. The van der Waals surface area contributed by atoms with Crippen molar-refractivity contribution < 1.29 is 4.79 Å². The number of hydrogen-bond acceptors (Lipinski definition) is 5. The Labute approximate surface area is 164 Å². The molecule has 2 N–H and O–H groups in total. The number of rotatable bonds is 3. The zero-order valence-electron chi connectivity index (χ0n) is 14.2. The maximum atomic E-state index is 13.1. The van der Waals surface area contributed by atoms with E-state index in [4.69, 9.17) is 11.6 Å². The largest absolute Gasteiger partial charge is 0.343 e. The minimum atomic E-state index is -0.407. The number of benzene rings is 1. The van der Waals surface area contributed by atoms with Crippen molar-refractivity contribution in [1.82, 2.24) is 9.78 Å². The molecular weight excluding hydrogens is 382 g/mol. The highest BCUT2D eigenvalue weighted by Crippen LogP contribution is 2.39. The molecule has 1 atom stereocenters. The van der Waals surface area contributed by atoms with Gasteiger partial charge in [0.15, 0.2) is 0 Å². The molecule has 0 saturated heterocycles. The molecule has 0 spiro atoms. The van der Waals surface area contributed by atoms with Crippen LogP contribution in [0.25, 0.3) is 0 Å². The Morgan fingerprint density at radius 3 is 2.81 bits per heavy atom. The lowest BCUT2D eigenvalue weighted by Crippen LogP contribution is -2.31. The summed E-state index contributed by atoms with van der Waals surface area (Å²) in [5, 5.41) is 22.3. The summed E-state index contributed by atoms with van der Waals surface area (Å²) in [6, 6.07) is 12.6. The number of fused-ring (bicyclic) bond motifs is 1. The SMILES string of the molecule is CC1=C(C(=O)Nc2ccc(Cl)cc2)[C@@H](c2cccs2)n2ncc(C#N)c2N1. The van der Waals surface area contributed by atoms with Gasteiger partial charge in [-0.15, -0.1) is 11.3 Å². The van der Waals surface area contributed by atoms with Gasteiger partial charge < -0.3 is 10.6 Å². The van der Waals surface area contributed by atoms with E-state index in [1.165, 1.54) is 17.5 Å². The van der Waals surface area contributed by atoms with Crippen molar-refractivity contribution in [3.05, 3.63) is 74.7 Å². The van der Waals surface area contributed by atoms with Gasteiger partial charge in [0.25, 0.3) is 5.91 Å². The highest BCUT2D eigenvalue weighted by molar-refractivity contribution is 7.10. The molecule has 3 heterocycles. The van der Waals surface area contributed by atoms with E-state index in [0.29, 0.717) is 33.4 Å². The van der Waals surface area contributed by atoms with E-state index in [1.807, 2.05) is 24.4 Å².